The van der Waals surface area contributed by atoms with Gasteiger partial charge in [0.05, 0.1) is 13.2 Å². The van der Waals surface area contributed by atoms with Gasteiger partial charge in [0, 0.05) is 16.2 Å². The molecule has 2 aromatic rings. The third-order valence-corrected chi connectivity index (χ3v) is 4.07. The lowest BCUT2D eigenvalue weighted by Crippen LogP contribution is -2.06. The van der Waals surface area contributed by atoms with E-state index in [1.807, 2.05) is 12.1 Å². The van der Waals surface area contributed by atoms with Crippen LogP contribution in [-0.4, -0.2) is 7.11 Å². The minimum atomic E-state index is 0.336. The van der Waals surface area contributed by atoms with Crippen LogP contribution in [0.2, 0.25) is 0 Å². The largest absolute Gasteiger partial charge is 0.497 e. The van der Waals surface area contributed by atoms with E-state index in [9.17, 15) is 0 Å². The molecule has 0 saturated heterocycles. The highest BCUT2D eigenvalue weighted by Crippen LogP contribution is 2.38. The summed E-state index contributed by atoms with van der Waals surface area (Å²) >= 11 is 3.61. The Kier molecular flexibility index (Phi) is 3.00. The molecule has 1 unspecified atom stereocenters. The first kappa shape index (κ1) is 11.6. The van der Waals surface area contributed by atoms with Crippen molar-refractivity contribution >= 4 is 21.6 Å². The van der Waals surface area contributed by atoms with Gasteiger partial charge in [-0.3, -0.25) is 0 Å². The molecule has 0 bridgehead atoms. The van der Waals surface area contributed by atoms with Crippen molar-refractivity contribution < 1.29 is 4.74 Å². The van der Waals surface area contributed by atoms with Gasteiger partial charge in [-0.1, -0.05) is 40.2 Å². The van der Waals surface area contributed by atoms with Crippen molar-refractivity contribution in [2.45, 2.75) is 12.5 Å². The first-order valence-corrected chi connectivity index (χ1v) is 6.75. The summed E-state index contributed by atoms with van der Waals surface area (Å²) in [6, 6.07) is 14.9. The maximum absolute atomic E-state index is 5.25. The van der Waals surface area contributed by atoms with Gasteiger partial charge in [0.15, 0.2) is 0 Å². The number of rotatable bonds is 2. The van der Waals surface area contributed by atoms with Gasteiger partial charge in [0.25, 0.3) is 0 Å². The number of anilines is 1. The van der Waals surface area contributed by atoms with E-state index < -0.39 is 0 Å². The zero-order chi connectivity index (χ0) is 12.5. The SMILES string of the molecule is COc1ccc2c(c1)NC(c1ccccc1Br)C2. The molecule has 0 fully saturated rings. The Morgan fingerprint density at radius 1 is 1.22 bits per heavy atom. The molecule has 1 atom stereocenters. The highest BCUT2D eigenvalue weighted by molar-refractivity contribution is 9.10. The molecule has 0 saturated carbocycles. The molecular weight excluding hydrogens is 290 g/mol. The zero-order valence-electron chi connectivity index (χ0n) is 10.1. The van der Waals surface area contributed by atoms with E-state index in [4.69, 9.17) is 4.74 Å². The van der Waals surface area contributed by atoms with Crippen molar-refractivity contribution in [3.8, 4) is 5.75 Å². The van der Waals surface area contributed by atoms with Crippen LogP contribution in [0.1, 0.15) is 17.2 Å². The smallest absolute Gasteiger partial charge is 0.120 e. The third-order valence-electron chi connectivity index (χ3n) is 3.35. The molecule has 3 heteroatoms. The topological polar surface area (TPSA) is 21.3 Å². The van der Waals surface area contributed by atoms with Crippen molar-refractivity contribution in [2.24, 2.45) is 0 Å². The first-order valence-electron chi connectivity index (χ1n) is 5.96. The van der Waals surface area contributed by atoms with Crippen LogP contribution in [0.25, 0.3) is 0 Å². The number of halogens is 1. The standard InChI is InChI=1S/C15H14BrNO/c1-18-11-7-6-10-8-15(17-14(10)9-11)12-4-2-3-5-13(12)16/h2-7,9,15,17H,8H2,1H3. The van der Waals surface area contributed by atoms with E-state index >= 15 is 0 Å². The first-order chi connectivity index (χ1) is 8.78. The highest BCUT2D eigenvalue weighted by Gasteiger charge is 2.23. The van der Waals surface area contributed by atoms with Gasteiger partial charge < -0.3 is 10.1 Å². The average molecular weight is 304 g/mol. The summed E-state index contributed by atoms with van der Waals surface area (Å²) in [6.45, 7) is 0. The van der Waals surface area contributed by atoms with Gasteiger partial charge >= 0.3 is 0 Å². The van der Waals surface area contributed by atoms with Gasteiger partial charge in [0.2, 0.25) is 0 Å². The average Bonchev–Trinajstić information content (AvgIpc) is 2.81. The summed E-state index contributed by atoms with van der Waals surface area (Å²) in [4.78, 5) is 0. The quantitative estimate of drug-likeness (QED) is 0.899. The molecule has 1 aliphatic rings. The Labute approximate surface area is 115 Å². The molecule has 0 aliphatic carbocycles. The summed E-state index contributed by atoms with van der Waals surface area (Å²) in [6.07, 6.45) is 1.02. The van der Waals surface area contributed by atoms with Crippen LogP contribution >= 0.6 is 15.9 Å². The van der Waals surface area contributed by atoms with Crippen LogP contribution in [0.3, 0.4) is 0 Å². The van der Waals surface area contributed by atoms with E-state index in [2.05, 4.69) is 51.6 Å². The molecule has 0 aromatic heterocycles. The summed E-state index contributed by atoms with van der Waals surface area (Å²) in [5.41, 5.74) is 3.82. The number of hydrogen-bond donors (Lipinski definition) is 1. The zero-order valence-corrected chi connectivity index (χ0v) is 11.7. The maximum Gasteiger partial charge on any atom is 0.120 e. The predicted molar refractivity (Wildman–Crippen MR) is 77.2 cm³/mol. The van der Waals surface area contributed by atoms with E-state index in [0.717, 1.165) is 16.6 Å². The second-order valence-corrected chi connectivity index (χ2v) is 5.30. The number of nitrogens with one attached hydrogen (secondary N) is 1. The van der Waals surface area contributed by atoms with Crippen molar-refractivity contribution in [3.63, 3.8) is 0 Å². The molecule has 1 N–H and O–H groups in total. The molecule has 2 aromatic carbocycles. The van der Waals surface area contributed by atoms with Crippen molar-refractivity contribution in [1.29, 1.82) is 0 Å². The molecule has 0 radical (unpaired) electrons. The minimum Gasteiger partial charge on any atom is -0.497 e. The number of ether oxygens (including phenoxy) is 1. The van der Waals surface area contributed by atoms with Gasteiger partial charge in [-0.15, -0.1) is 0 Å². The fraction of sp³-hybridized carbons (Fsp3) is 0.200. The Balaban J connectivity index is 1.91. The van der Waals surface area contributed by atoms with Gasteiger partial charge in [-0.05, 0) is 29.7 Å². The normalized spacial score (nSPS) is 17.1. The second kappa shape index (κ2) is 4.65. The number of fused-ring (bicyclic) bond motifs is 1. The Morgan fingerprint density at radius 3 is 2.83 bits per heavy atom. The summed E-state index contributed by atoms with van der Waals surface area (Å²) in [5, 5.41) is 3.56. The van der Waals surface area contributed by atoms with Crippen LogP contribution in [0.5, 0.6) is 5.75 Å². The molecular formula is C15H14BrNO. The summed E-state index contributed by atoms with van der Waals surface area (Å²) in [5.74, 6) is 0.897. The van der Waals surface area contributed by atoms with Gasteiger partial charge in [-0.25, -0.2) is 0 Å². The number of benzene rings is 2. The van der Waals surface area contributed by atoms with E-state index in [1.165, 1.54) is 16.8 Å². The lowest BCUT2D eigenvalue weighted by molar-refractivity contribution is 0.415. The Hall–Kier alpha value is -1.48. The molecule has 3 rings (SSSR count). The lowest BCUT2D eigenvalue weighted by atomic mass is 10.0. The molecule has 1 aliphatic heterocycles. The monoisotopic (exact) mass is 303 g/mol. The predicted octanol–water partition coefficient (Wildman–Crippen LogP) is 4.17. The molecule has 2 nitrogen and oxygen atoms in total. The molecule has 0 spiro atoms. The van der Waals surface area contributed by atoms with Crippen molar-refractivity contribution in [3.05, 3.63) is 58.1 Å². The van der Waals surface area contributed by atoms with E-state index in [1.54, 1.807) is 7.11 Å². The van der Waals surface area contributed by atoms with Crippen LogP contribution in [0.4, 0.5) is 5.69 Å². The fourth-order valence-corrected chi connectivity index (χ4v) is 2.96. The fourth-order valence-electron chi connectivity index (χ4n) is 2.40. The van der Waals surface area contributed by atoms with Crippen LogP contribution in [-0.2, 0) is 6.42 Å². The van der Waals surface area contributed by atoms with E-state index in [0.29, 0.717) is 6.04 Å². The van der Waals surface area contributed by atoms with Crippen molar-refractivity contribution in [1.82, 2.24) is 0 Å². The summed E-state index contributed by atoms with van der Waals surface area (Å²) in [7, 11) is 1.70. The molecule has 18 heavy (non-hydrogen) atoms. The Morgan fingerprint density at radius 2 is 2.06 bits per heavy atom. The Bertz CT molecular complexity index is 582. The molecule has 92 valence electrons. The van der Waals surface area contributed by atoms with Crippen LogP contribution < -0.4 is 10.1 Å². The number of methoxy groups -OCH3 is 1. The van der Waals surface area contributed by atoms with Crippen molar-refractivity contribution in [2.75, 3.05) is 12.4 Å². The molecule has 0 amide bonds. The second-order valence-electron chi connectivity index (χ2n) is 4.45. The van der Waals surface area contributed by atoms with Gasteiger partial charge in [0.1, 0.15) is 5.75 Å². The van der Waals surface area contributed by atoms with E-state index in [-0.39, 0.29) is 0 Å². The maximum atomic E-state index is 5.25. The van der Waals surface area contributed by atoms with Crippen LogP contribution in [0, 0.1) is 0 Å². The lowest BCUT2D eigenvalue weighted by Gasteiger charge is -2.13. The minimum absolute atomic E-state index is 0.336. The third kappa shape index (κ3) is 1.99. The van der Waals surface area contributed by atoms with Gasteiger partial charge in [-0.2, -0.15) is 0 Å². The number of hydrogen-bond acceptors (Lipinski definition) is 2. The van der Waals surface area contributed by atoms with Crippen LogP contribution in [0.15, 0.2) is 46.9 Å². The highest BCUT2D eigenvalue weighted by atomic mass is 79.9. The summed E-state index contributed by atoms with van der Waals surface area (Å²) < 4.78 is 6.41. The molecule has 1 heterocycles.